The van der Waals surface area contributed by atoms with Crippen LogP contribution in [0.1, 0.15) is 22.1 Å². The van der Waals surface area contributed by atoms with Crippen molar-refractivity contribution < 1.29 is 9.21 Å². The standard InChI is InChI=1S/C14H11ClN4O2/c1-8-2-4-10(21-8)7-16-14(20)13-17-12-6-9(15)3-5-11(12)18-19-13/h2-6H,7H2,1H3,(H,16,20). The summed E-state index contributed by atoms with van der Waals surface area (Å²) in [6.07, 6.45) is 0. The molecule has 0 saturated carbocycles. The Balaban J connectivity index is 1.77. The van der Waals surface area contributed by atoms with Gasteiger partial charge in [0.25, 0.3) is 5.91 Å². The third-order valence-electron chi connectivity index (χ3n) is 2.84. The Morgan fingerprint density at radius 2 is 2.10 bits per heavy atom. The van der Waals surface area contributed by atoms with E-state index >= 15 is 0 Å². The van der Waals surface area contributed by atoms with Gasteiger partial charge in [0.15, 0.2) is 0 Å². The zero-order valence-electron chi connectivity index (χ0n) is 11.1. The van der Waals surface area contributed by atoms with Crippen LogP contribution in [-0.2, 0) is 6.54 Å². The molecular formula is C14H11ClN4O2. The molecule has 2 aromatic heterocycles. The second kappa shape index (κ2) is 5.49. The Morgan fingerprint density at radius 3 is 2.86 bits per heavy atom. The Hall–Kier alpha value is -2.47. The fourth-order valence-electron chi connectivity index (χ4n) is 1.83. The normalized spacial score (nSPS) is 10.8. The van der Waals surface area contributed by atoms with Crippen LogP contribution in [0.2, 0.25) is 5.02 Å². The van der Waals surface area contributed by atoms with Crippen LogP contribution in [-0.4, -0.2) is 21.1 Å². The number of rotatable bonds is 3. The molecule has 1 N–H and O–H groups in total. The fourth-order valence-corrected chi connectivity index (χ4v) is 2.00. The monoisotopic (exact) mass is 302 g/mol. The van der Waals surface area contributed by atoms with E-state index in [1.165, 1.54) is 0 Å². The van der Waals surface area contributed by atoms with Gasteiger partial charge in [0, 0.05) is 5.02 Å². The largest absolute Gasteiger partial charge is 0.465 e. The molecule has 0 radical (unpaired) electrons. The quantitative estimate of drug-likeness (QED) is 0.804. The highest BCUT2D eigenvalue weighted by molar-refractivity contribution is 6.31. The molecule has 0 spiro atoms. The van der Waals surface area contributed by atoms with Gasteiger partial charge in [-0.1, -0.05) is 11.6 Å². The number of furan rings is 1. The van der Waals surface area contributed by atoms with Gasteiger partial charge in [-0.05, 0) is 37.3 Å². The van der Waals surface area contributed by atoms with Gasteiger partial charge in [-0.2, -0.15) is 0 Å². The molecule has 0 aliphatic heterocycles. The van der Waals surface area contributed by atoms with Crippen molar-refractivity contribution in [2.24, 2.45) is 0 Å². The fraction of sp³-hybridized carbons (Fsp3) is 0.143. The average Bonchev–Trinajstić information content (AvgIpc) is 2.89. The van der Waals surface area contributed by atoms with Crippen molar-refractivity contribution in [2.75, 3.05) is 0 Å². The molecule has 21 heavy (non-hydrogen) atoms. The summed E-state index contributed by atoms with van der Waals surface area (Å²) in [6, 6.07) is 8.66. The molecule has 2 heterocycles. The Bertz CT molecular complexity index is 816. The number of hydrogen-bond donors (Lipinski definition) is 1. The molecule has 0 unspecified atom stereocenters. The van der Waals surface area contributed by atoms with Crippen LogP contribution < -0.4 is 5.32 Å². The van der Waals surface area contributed by atoms with Crippen molar-refractivity contribution in [1.82, 2.24) is 20.5 Å². The third-order valence-corrected chi connectivity index (χ3v) is 3.07. The number of benzene rings is 1. The first-order valence-electron chi connectivity index (χ1n) is 6.25. The zero-order valence-corrected chi connectivity index (χ0v) is 11.9. The Labute approximate surface area is 125 Å². The maximum Gasteiger partial charge on any atom is 0.291 e. The maximum absolute atomic E-state index is 12.0. The number of hydrogen-bond acceptors (Lipinski definition) is 5. The second-order valence-electron chi connectivity index (χ2n) is 4.46. The molecule has 0 bridgehead atoms. The molecular weight excluding hydrogens is 292 g/mol. The lowest BCUT2D eigenvalue weighted by Gasteiger charge is -2.03. The molecule has 3 rings (SSSR count). The molecule has 3 aromatic rings. The van der Waals surface area contributed by atoms with E-state index in [-0.39, 0.29) is 12.4 Å². The summed E-state index contributed by atoms with van der Waals surface area (Å²) >= 11 is 5.89. The predicted octanol–water partition coefficient (Wildman–Crippen LogP) is 2.51. The van der Waals surface area contributed by atoms with Gasteiger partial charge in [0.2, 0.25) is 5.82 Å². The van der Waals surface area contributed by atoms with Gasteiger partial charge in [0.05, 0.1) is 12.1 Å². The van der Waals surface area contributed by atoms with Crippen molar-refractivity contribution in [3.05, 3.63) is 52.7 Å². The van der Waals surface area contributed by atoms with Crippen molar-refractivity contribution >= 4 is 28.5 Å². The number of amides is 1. The number of nitrogens with one attached hydrogen (secondary N) is 1. The zero-order chi connectivity index (χ0) is 14.8. The highest BCUT2D eigenvalue weighted by atomic mass is 35.5. The van der Waals surface area contributed by atoms with Crippen LogP contribution in [0.15, 0.2) is 34.7 Å². The van der Waals surface area contributed by atoms with E-state index in [9.17, 15) is 4.79 Å². The maximum atomic E-state index is 12.0. The average molecular weight is 303 g/mol. The number of nitrogens with zero attached hydrogens (tertiary/aromatic N) is 3. The second-order valence-corrected chi connectivity index (χ2v) is 4.90. The topological polar surface area (TPSA) is 80.9 Å². The van der Waals surface area contributed by atoms with Crippen LogP contribution in [0.4, 0.5) is 0 Å². The molecule has 0 saturated heterocycles. The smallest absolute Gasteiger partial charge is 0.291 e. The summed E-state index contributed by atoms with van der Waals surface area (Å²) < 4.78 is 5.37. The van der Waals surface area contributed by atoms with Crippen molar-refractivity contribution in [2.45, 2.75) is 13.5 Å². The molecule has 7 heteroatoms. The highest BCUT2D eigenvalue weighted by Crippen LogP contribution is 2.15. The van der Waals surface area contributed by atoms with Gasteiger partial charge >= 0.3 is 0 Å². The molecule has 0 atom stereocenters. The molecule has 0 aliphatic carbocycles. The van der Waals surface area contributed by atoms with Gasteiger partial charge in [-0.3, -0.25) is 4.79 Å². The van der Waals surface area contributed by atoms with E-state index in [0.717, 1.165) is 5.76 Å². The molecule has 6 nitrogen and oxygen atoms in total. The van der Waals surface area contributed by atoms with Crippen LogP contribution in [0.5, 0.6) is 0 Å². The number of carbonyl (C=O) groups is 1. The molecule has 0 aliphatic rings. The first-order chi connectivity index (χ1) is 10.1. The summed E-state index contributed by atoms with van der Waals surface area (Å²) in [6.45, 7) is 2.11. The SMILES string of the molecule is Cc1ccc(CNC(=O)c2nnc3ccc(Cl)cc3n2)o1. The third kappa shape index (κ3) is 3.00. The van der Waals surface area contributed by atoms with Crippen LogP contribution in [0, 0.1) is 6.92 Å². The van der Waals surface area contributed by atoms with Gasteiger partial charge in [0.1, 0.15) is 17.0 Å². The van der Waals surface area contributed by atoms with Crippen molar-refractivity contribution in [1.29, 1.82) is 0 Å². The minimum absolute atomic E-state index is 0.00644. The van der Waals surface area contributed by atoms with E-state index in [4.69, 9.17) is 16.0 Å². The lowest BCUT2D eigenvalue weighted by Crippen LogP contribution is -2.25. The first kappa shape index (κ1) is 13.5. The van der Waals surface area contributed by atoms with Gasteiger partial charge < -0.3 is 9.73 Å². The number of aromatic nitrogens is 3. The molecule has 0 fully saturated rings. The van der Waals surface area contributed by atoms with Crippen LogP contribution >= 0.6 is 11.6 Å². The number of halogens is 1. The first-order valence-corrected chi connectivity index (χ1v) is 6.63. The molecule has 1 aromatic carbocycles. The summed E-state index contributed by atoms with van der Waals surface area (Å²) in [5.41, 5.74) is 1.11. The minimum atomic E-state index is -0.418. The van der Waals surface area contributed by atoms with Gasteiger partial charge in [-0.15, -0.1) is 10.2 Å². The van der Waals surface area contributed by atoms with E-state index < -0.39 is 5.91 Å². The number of aryl methyl sites for hydroxylation is 1. The van der Waals surface area contributed by atoms with Crippen LogP contribution in [0.25, 0.3) is 11.0 Å². The highest BCUT2D eigenvalue weighted by Gasteiger charge is 2.12. The summed E-state index contributed by atoms with van der Waals surface area (Å²) in [5, 5.41) is 11.0. The summed E-state index contributed by atoms with van der Waals surface area (Å²) in [4.78, 5) is 16.2. The Kier molecular flexibility index (Phi) is 3.53. The Morgan fingerprint density at radius 1 is 1.24 bits per heavy atom. The summed E-state index contributed by atoms with van der Waals surface area (Å²) in [5.74, 6) is 1.03. The van der Waals surface area contributed by atoms with E-state index in [1.54, 1.807) is 24.3 Å². The van der Waals surface area contributed by atoms with Gasteiger partial charge in [-0.25, -0.2) is 4.98 Å². The van der Waals surface area contributed by atoms with Crippen LogP contribution in [0.3, 0.4) is 0 Å². The van der Waals surface area contributed by atoms with Crippen molar-refractivity contribution in [3.63, 3.8) is 0 Å². The lowest BCUT2D eigenvalue weighted by atomic mass is 10.3. The number of carbonyl (C=O) groups excluding carboxylic acids is 1. The summed E-state index contributed by atoms with van der Waals surface area (Å²) in [7, 11) is 0. The minimum Gasteiger partial charge on any atom is -0.465 e. The van der Waals surface area contributed by atoms with E-state index in [0.29, 0.717) is 21.8 Å². The van der Waals surface area contributed by atoms with E-state index in [1.807, 2.05) is 13.0 Å². The van der Waals surface area contributed by atoms with Crippen molar-refractivity contribution in [3.8, 4) is 0 Å². The number of fused-ring (bicyclic) bond motifs is 1. The molecule has 1 amide bonds. The predicted molar refractivity (Wildman–Crippen MR) is 77.0 cm³/mol. The lowest BCUT2D eigenvalue weighted by molar-refractivity contribution is 0.0936. The molecule has 106 valence electrons. The van der Waals surface area contributed by atoms with E-state index in [2.05, 4.69) is 20.5 Å².